The number of nitrogens with one attached hydrogen (secondary N) is 1. The molecule has 1 aromatic heterocycles. The molecule has 78 valence electrons. The Balaban J connectivity index is 2.02. The summed E-state index contributed by atoms with van der Waals surface area (Å²) in [6.45, 7) is 0.722. The molecule has 1 N–H and O–H groups in total. The molecule has 3 nitrogen and oxygen atoms in total. The monoisotopic (exact) mass is 221 g/mol. The Morgan fingerprint density at radius 3 is 2.67 bits per heavy atom. The van der Waals surface area contributed by atoms with Crippen molar-refractivity contribution in [1.29, 1.82) is 0 Å². The first-order chi connectivity index (χ1) is 7.25. The van der Waals surface area contributed by atoms with Crippen LogP contribution in [-0.2, 0) is 13.6 Å². The van der Waals surface area contributed by atoms with Crippen molar-refractivity contribution in [2.24, 2.45) is 7.05 Å². The van der Waals surface area contributed by atoms with E-state index in [1.807, 2.05) is 43.4 Å². The quantitative estimate of drug-likeness (QED) is 0.864. The van der Waals surface area contributed by atoms with E-state index in [0.717, 1.165) is 17.9 Å². The molecule has 2 rings (SSSR count). The lowest BCUT2D eigenvalue weighted by Crippen LogP contribution is -2.05. The molecule has 0 radical (unpaired) electrons. The van der Waals surface area contributed by atoms with Crippen LogP contribution in [0.15, 0.2) is 36.4 Å². The predicted octanol–water partition coefficient (Wildman–Crippen LogP) is 2.69. The Kier molecular flexibility index (Phi) is 2.92. The second-order valence-electron chi connectivity index (χ2n) is 3.30. The first kappa shape index (κ1) is 10.1. The van der Waals surface area contributed by atoms with Crippen molar-refractivity contribution in [3.63, 3.8) is 0 Å². The van der Waals surface area contributed by atoms with Crippen LogP contribution >= 0.6 is 11.6 Å². The van der Waals surface area contributed by atoms with Gasteiger partial charge in [0.15, 0.2) is 5.15 Å². The fraction of sp³-hybridized carbons (Fsp3) is 0.182. The number of halogens is 1. The van der Waals surface area contributed by atoms with Crippen molar-refractivity contribution in [2.45, 2.75) is 6.54 Å². The third-order valence-electron chi connectivity index (χ3n) is 2.19. The van der Waals surface area contributed by atoms with Gasteiger partial charge in [-0.1, -0.05) is 29.8 Å². The number of aryl methyl sites for hydroxylation is 1. The van der Waals surface area contributed by atoms with Crippen LogP contribution in [0.3, 0.4) is 0 Å². The number of aromatic nitrogens is 2. The molecule has 0 bridgehead atoms. The maximum absolute atomic E-state index is 5.79. The molecule has 0 fully saturated rings. The summed E-state index contributed by atoms with van der Waals surface area (Å²) in [5.74, 6) is 0. The average Bonchev–Trinajstić information content (AvgIpc) is 2.56. The molecular weight excluding hydrogens is 210 g/mol. The largest absolute Gasteiger partial charge is 0.379 e. The van der Waals surface area contributed by atoms with Crippen molar-refractivity contribution in [2.75, 3.05) is 5.32 Å². The first-order valence-electron chi connectivity index (χ1n) is 4.73. The smallest absolute Gasteiger partial charge is 0.151 e. The molecule has 0 saturated heterocycles. The molecule has 15 heavy (non-hydrogen) atoms. The van der Waals surface area contributed by atoms with Crippen molar-refractivity contribution in [1.82, 2.24) is 9.78 Å². The highest BCUT2D eigenvalue weighted by atomic mass is 35.5. The van der Waals surface area contributed by atoms with Crippen LogP contribution < -0.4 is 5.32 Å². The molecule has 0 aliphatic rings. The summed E-state index contributed by atoms with van der Waals surface area (Å²) in [5, 5.41) is 7.89. The van der Waals surface area contributed by atoms with Gasteiger partial charge in [0.1, 0.15) is 0 Å². The Labute approximate surface area is 93.7 Å². The van der Waals surface area contributed by atoms with E-state index in [2.05, 4.69) is 10.4 Å². The van der Waals surface area contributed by atoms with E-state index in [-0.39, 0.29) is 0 Å². The highest BCUT2D eigenvalue weighted by Crippen LogP contribution is 2.11. The lowest BCUT2D eigenvalue weighted by Gasteiger charge is -2.05. The average molecular weight is 222 g/mol. The van der Waals surface area contributed by atoms with Crippen molar-refractivity contribution in [3.05, 3.63) is 47.2 Å². The minimum atomic E-state index is 0.530. The minimum absolute atomic E-state index is 0.530. The van der Waals surface area contributed by atoms with Gasteiger partial charge in [0.05, 0.1) is 12.2 Å². The third kappa shape index (κ3) is 2.50. The normalized spacial score (nSPS) is 10.3. The summed E-state index contributed by atoms with van der Waals surface area (Å²) >= 11 is 5.79. The SMILES string of the molecule is Cn1nc(Cl)cc1CNc1ccccc1. The second-order valence-corrected chi connectivity index (χ2v) is 3.69. The molecular formula is C11H12ClN3. The van der Waals surface area contributed by atoms with Crippen molar-refractivity contribution in [3.8, 4) is 0 Å². The second kappa shape index (κ2) is 4.36. The lowest BCUT2D eigenvalue weighted by molar-refractivity contribution is 0.721. The zero-order valence-corrected chi connectivity index (χ0v) is 9.20. The maximum Gasteiger partial charge on any atom is 0.151 e. The molecule has 0 aliphatic carbocycles. The molecule has 4 heteroatoms. The highest BCUT2D eigenvalue weighted by Gasteiger charge is 2.01. The van der Waals surface area contributed by atoms with Crippen molar-refractivity contribution >= 4 is 17.3 Å². The molecule has 1 aromatic carbocycles. The van der Waals surface area contributed by atoms with Gasteiger partial charge < -0.3 is 5.32 Å². The van der Waals surface area contributed by atoms with Gasteiger partial charge in [0, 0.05) is 18.8 Å². The van der Waals surface area contributed by atoms with Gasteiger partial charge in [-0.05, 0) is 12.1 Å². The standard InChI is InChI=1S/C11H12ClN3/c1-15-10(7-11(12)14-15)8-13-9-5-3-2-4-6-9/h2-7,13H,8H2,1H3. The van der Waals surface area contributed by atoms with E-state index < -0.39 is 0 Å². The molecule has 0 atom stereocenters. The van der Waals surface area contributed by atoms with E-state index in [0.29, 0.717) is 5.15 Å². The van der Waals surface area contributed by atoms with Crippen LogP contribution in [0.25, 0.3) is 0 Å². The highest BCUT2D eigenvalue weighted by molar-refractivity contribution is 6.29. The van der Waals surface area contributed by atoms with Crippen LogP contribution in [0.4, 0.5) is 5.69 Å². The molecule has 0 saturated carbocycles. The fourth-order valence-electron chi connectivity index (χ4n) is 1.38. The zero-order chi connectivity index (χ0) is 10.7. The van der Waals surface area contributed by atoms with Gasteiger partial charge in [0.2, 0.25) is 0 Å². The Morgan fingerprint density at radius 2 is 2.07 bits per heavy atom. The van der Waals surface area contributed by atoms with Crippen LogP contribution in [0.5, 0.6) is 0 Å². The molecule has 0 spiro atoms. The van der Waals surface area contributed by atoms with E-state index in [9.17, 15) is 0 Å². The molecule has 0 amide bonds. The Bertz CT molecular complexity index is 436. The predicted molar refractivity (Wildman–Crippen MR) is 62.0 cm³/mol. The van der Waals surface area contributed by atoms with Gasteiger partial charge >= 0.3 is 0 Å². The van der Waals surface area contributed by atoms with Crippen LogP contribution in [-0.4, -0.2) is 9.78 Å². The topological polar surface area (TPSA) is 29.9 Å². The van der Waals surface area contributed by atoms with Crippen LogP contribution in [0.2, 0.25) is 5.15 Å². The summed E-state index contributed by atoms with van der Waals surface area (Å²) in [5.41, 5.74) is 2.15. The lowest BCUT2D eigenvalue weighted by atomic mass is 10.3. The molecule has 0 aliphatic heterocycles. The number of anilines is 1. The van der Waals surface area contributed by atoms with Gasteiger partial charge in [-0.2, -0.15) is 5.10 Å². The molecule has 0 unspecified atom stereocenters. The summed E-state index contributed by atoms with van der Waals surface area (Å²) in [6, 6.07) is 11.9. The number of rotatable bonds is 3. The molecule has 2 aromatic rings. The third-order valence-corrected chi connectivity index (χ3v) is 2.38. The van der Waals surface area contributed by atoms with E-state index in [1.165, 1.54) is 0 Å². The van der Waals surface area contributed by atoms with E-state index >= 15 is 0 Å². The van der Waals surface area contributed by atoms with E-state index in [1.54, 1.807) is 4.68 Å². The fourth-order valence-corrected chi connectivity index (χ4v) is 1.62. The van der Waals surface area contributed by atoms with Gasteiger partial charge in [0.25, 0.3) is 0 Å². The van der Waals surface area contributed by atoms with Gasteiger partial charge in [-0.15, -0.1) is 0 Å². The van der Waals surface area contributed by atoms with E-state index in [4.69, 9.17) is 11.6 Å². The number of nitrogens with zero attached hydrogens (tertiary/aromatic N) is 2. The number of para-hydroxylation sites is 1. The number of hydrogen-bond donors (Lipinski definition) is 1. The summed E-state index contributed by atoms with van der Waals surface area (Å²) in [6.07, 6.45) is 0. The number of benzene rings is 1. The van der Waals surface area contributed by atoms with Crippen molar-refractivity contribution < 1.29 is 0 Å². The summed E-state index contributed by atoms with van der Waals surface area (Å²) in [4.78, 5) is 0. The van der Waals surface area contributed by atoms with Crippen LogP contribution in [0, 0.1) is 0 Å². The summed E-state index contributed by atoms with van der Waals surface area (Å²) in [7, 11) is 1.88. The number of hydrogen-bond acceptors (Lipinski definition) is 2. The summed E-state index contributed by atoms with van der Waals surface area (Å²) < 4.78 is 1.78. The Morgan fingerprint density at radius 1 is 1.33 bits per heavy atom. The first-order valence-corrected chi connectivity index (χ1v) is 5.11. The molecule has 1 heterocycles. The Hall–Kier alpha value is -1.48. The van der Waals surface area contributed by atoms with Crippen LogP contribution in [0.1, 0.15) is 5.69 Å². The van der Waals surface area contributed by atoms with Gasteiger partial charge in [-0.25, -0.2) is 0 Å². The zero-order valence-electron chi connectivity index (χ0n) is 8.44. The van der Waals surface area contributed by atoms with Gasteiger partial charge in [-0.3, -0.25) is 4.68 Å². The maximum atomic E-state index is 5.79. The minimum Gasteiger partial charge on any atom is -0.379 e.